The molecule has 1 atom stereocenters. The summed E-state index contributed by atoms with van der Waals surface area (Å²) in [6.07, 6.45) is 1.47. The monoisotopic (exact) mass is 378 g/mol. The van der Waals surface area contributed by atoms with Gasteiger partial charge in [0.1, 0.15) is 11.8 Å². The molecule has 0 aliphatic heterocycles. The van der Waals surface area contributed by atoms with Gasteiger partial charge in [0, 0.05) is 11.3 Å². The molecule has 2 aromatic carbocycles. The second-order valence-electron chi connectivity index (χ2n) is 6.53. The second kappa shape index (κ2) is 8.04. The SMILES string of the molecule is COc1cccc(-c2cnn(C(C)C(=O)Nc3c(C)cccc3C)c(=O)n2)c1. The number of amides is 1. The zero-order chi connectivity index (χ0) is 20.3. The van der Waals surface area contributed by atoms with Crippen LogP contribution in [-0.2, 0) is 4.79 Å². The first kappa shape index (κ1) is 19.3. The van der Waals surface area contributed by atoms with E-state index in [1.165, 1.54) is 6.20 Å². The molecule has 7 heteroatoms. The number of benzene rings is 2. The molecule has 0 radical (unpaired) electrons. The Hall–Kier alpha value is -3.48. The maximum atomic E-state index is 12.7. The van der Waals surface area contributed by atoms with Crippen molar-refractivity contribution >= 4 is 11.6 Å². The number of nitrogens with zero attached hydrogens (tertiary/aromatic N) is 3. The van der Waals surface area contributed by atoms with E-state index in [0.717, 1.165) is 21.5 Å². The molecule has 144 valence electrons. The Kier molecular flexibility index (Phi) is 5.54. The van der Waals surface area contributed by atoms with E-state index in [4.69, 9.17) is 4.74 Å². The molecule has 0 saturated carbocycles. The molecule has 3 aromatic rings. The van der Waals surface area contributed by atoms with E-state index in [2.05, 4.69) is 15.4 Å². The van der Waals surface area contributed by atoms with Crippen LogP contribution in [0.25, 0.3) is 11.3 Å². The van der Waals surface area contributed by atoms with E-state index >= 15 is 0 Å². The van der Waals surface area contributed by atoms with E-state index < -0.39 is 11.7 Å². The molecule has 3 rings (SSSR count). The van der Waals surface area contributed by atoms with Gasteiger partial charge in [-0.3, -0.25) is 4.79 Å². The van der Waals surface area contributed by atoms with Crippen LogP contribution in [0.1, 0.15) is 24.1 Å². The van der Waals surface area contributed by atoms with E-state index in [1.807, 2.05) is 44.2 Å². The number of aromatic nitrogens is 3. The van der Waals surface area contributed by atoms with Gasteiger partial charge in [-0.1, -0.05) is 30.3 Å². The van der Waals surface area contributed by atoms with Gasteiger partial charge in [-0.05, 0) is 44.0 Å². The second-order valence-corrected chi connectivity index (χ2v) is 6.53. The number of para-hydroxylation sites is 1. The van der Waals surface area contributed by atoms with Gasteiger partial charge in [-0.2, -0.15) is 10.1 Å². The van der Waals surface area contributed by atoms with Gasteiger partial charge in [0.15, 0.2) is 0 Å². The number of carbonyl (C=O) groups excluding carboxylic acids is 1. The summed E-state index contributed by atoms with van der Waals surface area (Å²) < 4.78 is 6.27. The van der Waals surface area contributed by atoms with Crippen molar-refractivity contribution in [3.05, 3.63) is 70.3 Å². The van der Waals surface area contributed by atoms with Crippen molar-refractivity contribution in [1.29, 1.82) is 0 Å². The van der Waals surface area contributed by atoms with Crippen LogP contribution in [0.15, 0.2) is 53.5 Å². The van der Waals surface area contributed by atoms with Crippen molar-refractivity contribution in [3.63, 3.8) is 0 Å². The summed E-state index contributed by atoms with van der Waals surface area (Å²) in [7, 11) is 1.57. The molecule has 1 amide bonds. The lowest BCUT2D eigenvalue weighted by atomic mass is 10.1. The van der Waals surface area contributed by atoms with Crippen LogP contribution in [0, 0.1) is 13.8 Å². The van der Waals surface area contributed by atoms with E-state index in [1.54, 1.807) is 26.2 Å². The van der Waals surface area contributed by atoms with Gasteiger partial charge in [-0.15, -0.1) is 0 Å². The minimum atomic E-state index is -0.807. The lowest BCUT2D eigenvalue weighted by Crippen LogP contribution is -2.35. The molecule has 0 spiro atoms. The highest BCUT2D eigenvalue weighted by molar-refractivity contribution is 5.94. The fraction of sp³-hybridized carbons (Fsp3) is 0.238. The Balaban J connectivity index is 1.85. The number of methoxy groups -OCH3 is 1. The van der Waals surface area contributed by atoms with Crippen molar-refractivity contribution in [2.24, 2.45) is 0 Å². The van der Waals surface area contributed by atoms with E-state index in [0.29, 0.717) is 17.0 Å². The number of anilines is 1. The number of carbonyl (C=O) groups is 1. The van der Waals surface area contributed by atoms with Crippen LogP contribution >= 0.6 is 0 Å². The van der Waals surface area contributed by atoms with Crippen molar-refractivity contribution in [3.8, 4) is 17.0 Å². The zero-order valence-electron chi connectivity index (χ0n) is 16.3. The van der Waals surface area contributed by atoms with Gasteiger partial charge in [0.05, 0.1) is 19.0 Å². The van der Waals surface area contributed by atoms with Crippen molar-refractivity contribution in [2.45, 2.75) is 26.8 Å². The average molecular weight is 378 g/mol. The summed E-state index contributed by atoms with van der Waals surface area (Å²) in [6, 6.07) is 12.2. The molecule has 0 aliphatic rings. The normalized spacial score (nSPS) is 11.7. The summed E-state index contributed by atoms with van der Waals surface area (Å²) in [5.41, 5.74) is 3.18. The fourth-order valence-electron chi connectivity index (χ4n) is 2.89. The maximum Gasteiger partial charge on any atom is 0.365 e. The van der Waals surface area contributed by atoms with Gasteiger partial charge in [-0.25, -0.2) is 9.48 Å². The zero-order valence-corrected chi connectivity index (χ0v) is 16.3. The molecule has 1 aromatic heterocycles. The molecule has 0 saturated heterocycles. The number of hydrogen-bond acceptors (Lipinski definition) is 5. The Morgan fingerprint density at radius 1 is 1.14 bits per heavy atom. The molecular formula is C21H22N4O3. The van der Waals surface area contributed by atoms with Gasteiger partial charge < -0.3 is 10.1 Å². The Morgan fingerprint density at radius 2 is 1.82 bits per heavy atom. The van der Waals surface area contributed by atoms with Crippen LogP contribution in [0.4, 0.5) is 5.69 Å². The average Bonchev–Trinajstić information content (AvgIpc) is 2.70. The van der Waals surface area contributed by atoms with Gasteiger partial charge in [0.2, 0.25) is 5.91 Å². The third kappa shape index (κ3) is 3.93. The number of aryl methyl sites for hydroxylation is 2. The van der Waals surface area contributed by atoms with Crippen LogP contribution < -0.4 is 15.7 Å². The highest BCUT2D eigenvalue weighted by Gasteiger charge is 2.20. The third-order valence-electron chi connectivity index (χ3n) is 4.56. The minimum Gasteiger partial charge on any atom is -0.497 e. The van der Waals surface area contributed by atoms with Crippen molar-refractivity contribution in [1.82, 2.24) is 14.8 Å². The van der Waals surface area contributed by atoms with Gasteiger partial charge in [0.25, 0.3) is 0 Å². The summed E-state index contributed by atoms with van der Waals surface area (Å²) in [5.74, 6) is 0.327. The molecule has 0 bridgehead atoms. The Bertz CT molecular complexity index is 1050. The predicted molar refractivity (Wildman–Crippen MR) is 108 cm³/mol. The van der Waals surface area contributed by atoms with Crippen molar-refractivity contribution in [2.75, 3.05) is 12.4 Å². The molecule has 28 heavy (non-hydrogen) atoms. The van der Waals surface area contributed by atoms with Crippen LogP contribution in [0.3, 0.4) is 0 Å². The molecule has 1 unspecified atom stereocenters. The predicted octanol–water partition coefficient (Wildman–Crippen LogP) is 3.13. The standard InChI is InChI=1S/C21H22N4O3/c1-13-7-5-8-14(2)19(13)24-20(26)15(3)25-21(27)23-18(12-22-25)16-9-6-10-17(11-16)28-4/h5-12,15H,1-4H3,(H,24,26). The minimum absolute atomic E-state index is 0.331. The molecule has 0 fully saturated rings. The summed E-state index contributed by atoms with van der Waals surface area (Å²) >= 11 is 0. The third-order valence-corrected chi connectivity index (χ3v) is 4.56. The van der Waals surface area contributed by atoms with Gasteiger partial charge >= 0.3 is 5.69 Å². The largest absolute Gasteiger partial charge is 0.497 e. The van der Waals surface area contributed by atoms with Crippen LogP contribution in [-0.4, -0.2) is 27.8 Å². The van der Waals surface area contributed by atoms with E-state index in [-0.39, 0.29) is 5.91 Å². The fourth-order valence-corrected chi connectivity index (χ4v) is 2.89. The summed E-state index contributed by atoms with van der Waals surface area (Å²) in [6.45, 7) is 5.45. The highest BCUT2D eigenvalue weighted by Crippen LogP contribution is 2.22. The smallest absolute Gasteiger partial charge is 0.365 e. The lowest BCUT2D eigenvalue weighted by molar-refractivity contribution is -0.119. The molecule has 1 N–H and O–H groups in total. The number of hydrogen-bond donors (Lipinski definition) is 1. The molecule has 7 nitrogen and oxygen atoms in total. The topological polar surface area (TPSA) is 86.1 Å². The maximum absolute atomic E-state index is 12.7. The summed E-state index contributed by atoms with van der Waals surface area (Å²) in [4.78, 5) is 29.2. The van der Waals surface area contributed by atoms with Crippen LogP contribution in [0.5, 0.6) is 5.75 Å². The summed E-state index contributed by atoms with van der Waals surface area (Å²) in [5, 5.41) is 7.04. The quantitative estimate of drug-likeness (QED) is 0.737. The first-order valence-electron chi connectivity index (χ1n) is 8.88. The first-order chi connectivity index (χ1) is 13.4. The highest BCUT2D eigenvalue weighted by atomic mass is 16.5. The molecule has 0 aliphatic carbocycles. The number of ether oxygens (including phenoxy) is 1. The van der Waals surface area contributed by atoms with E-state index in [9.17, 15) is 9.59 Å². The molecule has 1 heterocycles. The first-order valence-corrected chi connectivity index (χ1v) is 8.88. The van der Waals surface area contributed by atoms with Crippen LogP contribution in [0.2, 0.25) is 0 Å². The number of nitrogens with one attached hydrogen (secondary N) is 1. The Labute approximate surface area is 163 Å². The van der Waals surface area contributed by atoms with Crippen molar-refractivity contribution < 1.29 is 9.53 Å². The molecular weight excluding hydrogens is 356 g/mol. The lowest BCUT2D eigenvalue weighted by Gasteiger charge is -2.16. The number of rotatable bonds is 5. The Morgan fingerprint density at radius 3 is 2.46 bits per heavy atom.